The lowest BCUT2D eigenvalue weighted by Crippen LogP contribution is -2.39. The summed E-state index contributed by atoms with van der Waals surface area (Å²) >= 11 is 1.61. The molecule has 0 aliphatic heterocycles. The predicted octanol–water partition coefficient (Wildman–Crippen LogP) is 3.58. The highest BCUT2D eigenvalue weighted by Crippen LogP contribution is 2.28. The number of ether oxygens (including phenoxy) is 1. The number of thioether (sulfide) groups is 1. The summed E-state index contributed by atoms with van der Waals surface area (Å²) in [5.41, 5.74) is 0. The first kappa shape index (κ1) is 15.2. The maximum atomic E-state index is 12.4. The van der Waals surface area contributed by atoms with Gasteiger partial charge in [0.2, 0.25) is 5.91 Å². The van der Waals surface area contributed by atoms with E-state index >= 15 is 0 Å². The molecule has 0 spiro atoms. The van der Waals surface area contributed by atoms with Gasteiger partial charge in [0, 0.05) is 18.0 Å². The molecule has 0 heterocycles. The summed E-state index contributed by atoms with van der Waals surface area (Å²) in [6.07, 6.45) is 4.81. The maximum Gasteiger partial charge on any atom is 0.235 e. The molecule has 4 heteroatoms. The lowest BCUT2D eigenvalue weighted by atomic mass is 10.2. The van der Waals surface area contributed by atoms with Crippen LogP contribution in [0.15, 0.2) is 29.2 Å². The van der Waals surface area contributed by atoms with E-state index in [-0.39, 0.29) is 11.2 Å². The van der Waals surface area contributed by atoms with Crippen molar-refractivity contribution >= 4 is 17.7 Å². The van der Waals surface area contributed by atoms with Crippen LogP contribution < -0.4 is 4.74 Å². The molecule has 1 saturated carbocycles. The molecule has 2 rings (SSSR count). The Labute approximate surface area is 125 Å². The number of amides is 1. The van der Waals surface area contributed by atoms with Gasteiger partial charge in [0.15, 0.2) is 0 Å². The lowest BCUT2D eigenvalue weighted by Gasteiger charge is -2.27. The molecule has 0 bridgehead atoms. The molecule has 1 aromatic rings. The molecule has 1 aliphatic carbocycles. The molecular weight excluding hydrogens is 270 g/mol. The number of hydrogen-bond donors (Lipinski definition) is 0. The van der Waals surface area contributed by atoms with Gasteiger partial charge in [-0.05, 0) is 44.0 Å². The van der Waals surface area contributed by atoms with Crippen molar-refractivity contribution in [3.05, 3.63) is 24.3 Å². The SMILES string of the molecule is COc1ccc(SC(C)C(=O)N(C)C2CCCC2)cc1. The zero-order valence-corrected chi connectivity index (χ0v) is 13.3. The Bertz CT molecular complexity index is 440. The first-order chi connectivity index (χ1) is 9.61. The van der Waals surface area contributed by atoms with Crippen LogP contribution in [0.4, 0.5) is 0 Å². The normalized spacial score (nSPS) is 16.9. The smallest absolute Gasteiger partial charge is 0.235 e. The molecule has 1 fully saturated rings. The highest BCUT2D eigenvalue weighted by molar-refractivity contribution is 8.00. The molecule has 1 amide bonds. The van der Waals surface area contributed by atoms with Crippen molar-refractivity contribution in [1.82, 2.24) is 4.90 Å². The molecule has 1 aromatic carbocycles. The van der Waals surface area contributed by atoms with Crippen LogP contribution in [-0.2, 0) is 4.79 Å². The summed E-state index contributed by atoms with van der Waals surface area (Å²) < 4.78 is 5.14. The second-order valence-electron chi connectivity index (χ2n) is 5.32. The topological polar surface area (TPSA) is 29.5 Å². The Kier molecular flexibility index (Phi) is 5.35. The van der Waals surface area contributed by atoms with Gasteiger partial charge in [-0.1, -0.05) is 12.8 Å². The molecule has 0 aromatic heterocycles. The average molecular weight is 293 g/mol. The second-order valence-corrected chi connectivity index (χ2v) is 6.74. The number of nitrogens with zero attached hydrogens (tertiary/aromatic N) is 1. The number of hydrogen-bond acceptors (Lipinski definition) is 3. The van der Waals surface area contributed by atoms with Gasteiger partial charge in [0.1, 0.15) is 5.75 Å². The standard InChI is InChI=1S/C16H23NO2S/c1-12(16(18)17(2)13-6-4-5-7-13)20-15-10-8-14(19-3)9-11-15/h8-13H,4-7H2,1-3H3. The van der Waals surface area contributed by atoms with Gasteiger partial charge in [0.05, 0.1) is 12.4 Å². The number of benzene rings is 1. The Morgan fingerprint density at radius 2 is 1.90 bits per heavy atom. The Balaban J connectivity index is 1.92. The van der Waals surface area contributed by atoms with Crippen molar-refractivity contribution in [3.8, 4) is 5.75 Å². The van der Waals surface area contributed by atoms with Crippen LogP contribution in [0.2, 0.25) is 0 Å². The van der Waals surface area contributed by atoms with Gasteiger partial charge in [0.25, 0.3) is 0 Å². The third-order valence-corrected chi connectivity index (χ3v) is 5.04. The van der Waals surface area contributed by atoms with Gasteiger partial charge in [-0.15, -0.1) is 11.8 Å². The average Bonchev–Trinajstić information content (AvgIpc) is 3.00. The van der Waals surface area contributed by atoms with E-state index in [9.17, 15) is 4.79 Å². The van der Waals surface area contributed by atoms with Gasteiger partial charge >= 0.3 is 0 Å². The molecule has 0 radical (unpaired) electrons. The zero-order chi connectivity index (χ0) is 14.5. The molecule has 1 unspecified atom stereocenters. The van der Waals surface area contributed by atoms with Crippen LogP contribution in [-0.4, -0.2) is 36.3 Å². The van der Waals surface area contributed by atoms with E-state index in [1.54, 1.807) is 18.9 Å². The van der Waals surface area contributed by atoms with Crippen molar-refractivity contribution in [2.24, 2.45) is 0 Å². The lowest BCUT2D eigenvalue weighted by molar-refractivity contribution is -0.130. The molecule has 1 atom stereocenters. The Morgan fingerprint density at radius 3 is 2.45 bits per heavy atom. The van der Waals surface area contributed by atoms with Gasteiger partial charge < -0.3 is 9.64 Å². The van der Waals surface area contributed by atoms with E-state index in [0.717, 1.165) is 23.5 Å². The largest absolute Gasteiger partial charge is 0.497 e. The summed E-state index contributed by atoms with van der Waals surface area (Å²) in [7, 11) is 3.61. The summed E-state index contributed by atoms with van der Waals surface area (Å²) in [5, 5.41) is -0.0472. The number of methoxy groups -OCH3 is 1. The predicted molar refractivity (Wildman–Crippen MR) is 83.3 cm³/mol. The van der Waals surface area contributed by atoms with Crippen molar-refractivity contribution in [2.75, 3.05) is 14.2 Å². The quantitative estimate of drug-likeness (QED) is 0.777. The molecule has 1 aliphatic rings. The van der Waals surface area contributed by atoms with E-state index in [1.807, 2.05) is 43.1 Å². The van der Waals surface area contributed by atoms with Gasteiger partial charge in [-0.2, -0.15) is 0 Å². The van der Waals surface area contributed by atoms with Crippen LogP contribution in [0.1, 0.15) is 32.6 Å². The van der Waals surface area contributed by atoms with E-state index in [4.69, 9.17) is 4.74 Å². The van der Waals surface area contributed by atoms with Crippen LogP contribution in [0.25, 0.3) is 0 Å². The van der Waals surface area contributed by atoms with Crippen molar-refractivity contribution < 1.29 is 9.53 Å². The number of rotatable bonds is 5. The molecule has 20 heavy (non-hydrogen) atoms. The fraction of sp³-hybridized carbons (Fsp3) is 0.562. The second kappa shape index (κ2) is 7.02. The molecule has 0 N–H and O–H groups in total. The summed E-state index contributed by atoms with van der Waals surface area (Å²) in [6, 6.07) is 8.31. The van der Waals surface area contributed by atoms with Crippen molar-refractivity contribution in [3.63, 3.8) is 0 Å². The fourth-order valence-electron chi connectivity index (χ4n) is 2.67. The highest BCUT2D eigenvalue weighted by Gasteiger charge is 2.26. The van der Waals surface area contributed by atoms with Crippen molar-refractivity contribution in [1.29, 1.82) is 0 Å². The van der Waals surface area contributed by atoms with E-state index < -0.39 is 0 Å². The third-order valence-electron chi connectivity index (χ3n) is 3.94. The monoisotopic (exact) mass is 293 g/mol. The zero-order valence-electron chi connectivity index (χ0n) is 12.5. The van der Waals surface area contributed by atoms with E-state index in [0.29, 0.717) is 6.04 Å². The minimum atomic E-state index is -0.0472. The maximum absolute atomic E-state index is 12.4. The van der Waals surface area contributed by atoms with Crippen LogP contribution >= 0.6 is 11.8 Å². The molecule has 0 saturated heterocycles. The summed E-state index contributed by atoms with van der Waals surface area (Å²) in [6.45, 7) is 1.99. The van der Waals surface area contributed by atoms with Crippen molar-refractivity contribution in [2.45, 2.75) is 48.8 Å². The third kappa shape index (κ3) is 3.69. The number of carbonyl (C=O) groups is 1. The van der Waals surface area contributed by atoms with Crippen LogP contribution in [0, 0.1) is 0 Å². The summed E-state index contributed by atoms with van der Waals surface area (Å²) in [4.78, 5) is 15.5. The molecule has 110 valence electrons. The van der Waals surface area contributed by atoms with Gasteiger partial charge in [-0.3, -0.25) is 4.79 Å². The minimum Gasteiger partial charge on any atom is -0.497 e. The van der Waals surface area contributed by atoms with Gasteiger partial charge in [-0.25, -0.2) is 0 Å². The first-order valence-corrected chi connectivity index (χ1v) is 8.07. The van der Waals surface area contributed by atoms with E-state index in [2.05, 4.69) is 0 Å². The number of carbonyl (C=O) groups excluding carboxylic acids is 1. The first-order valence-electron chi connectivity index (χ1n) is 7.19. The van der Waals surface area contributed by atoms with Crippen LogP contribution in [0.3, 0.4) is 0 Å². The molecular formula is C16H23NO2S. The molecule has 3 nitrogen and oxygen atoms in total. The van der Waals surface area contributed by atoms with Crippen LogP contribution in [0.5, 0.6) is 5.75 Å². The fourth-order valence-corrected chi connectivity index (χ4v) is 3.64. The Hall–Kier alpha value is -1.16. The summed E-state index contributed by atoms with van der Waals surface area (Å²) in [5.74, 6) is 1.08. The minimum absolute atomic E-state index is 0.0472. The Morgan fingerprint density at radius 1 is 1.30 bits per heavy atom. The van der Waals surface area contributed by atoms with E-state index in [1.165, 1.54) is 12.8 Å². The highest BCUT2D eigenvalue weighted by atomic mass is 32.2.